The van der Waals surface area contributed by atoms with Gasteiger partial charge in [0.15, 0.2) is 0 Å². The number of rotatable bonds is 11. The summed E-state index contributed by atoms with van der Waals surface area (Å²) >= 11 is 0. The van der Waals surface area contributed by atoms with E-state index in [0.717, 1.165) is 5.56 Å². The largest absolute Gasteiger partial charge is 0.481 e. The van der Waals surface area contributed by atoms with E-state index in [9.17, 15) is 29.1 Å². The minimum Gasteiger partial charge on any atom is -0.481 e. The number of carbonyl (C=O) groups is 5. The average Bonchev–Trinajstić information content (AvgIpc) is 3.26. The van der Waals surface area contributed by atoms with Gasteiger partial charge in [0.1, 0.15) is 18.1 Å². The summed E-state index contributed by atoms with van der Waals surface area (Å²) in [5.41, 5.74) is 6.37. The van der Waals surface area contributed by atoms with Crippen LogP contribution < -0.4 is 16.4 Å². The van der Waals surface area contributed by atoms with Gasteiger partial charge in [0.05, 0.1) is 12.5 Å². The van der Waals surface area contributed by atoms with Gasteiger partial charge >= 0.3 is 11.9 Å². The molecule has 11 heteroatoms. The molecule has 1 aliphatic rings. The van der Waals surface area contributed by atoms with E-state index in [1.807, 2.05) is 0 Å². The molecular weight excluding hydrogens is 444 g/mol. The zero-order valence-electron chi connectivity index (χ0n) is 19.3. The topological polar surface area (TPSA) is 179 Å². The van der Waals surface area contributed by atoms with Gasteiger partial charge in [0, 0.05) is 13.0 Å². The second-order valence-electron chi connectivity index (χ2n) is 8.71. The molecule has 1 saturated heterocycles. The first-order valence-corrected chi connectivity index (χ1v) is 11.2. The van der Waals surface area contributed by atoms with Crippen LogP contribution in [-0.2, 0) is 30.4 Å². The Balaban J connectivity index is 2.21. The molecule has 11 nitrogen and oxygen atoms in total. The summed E-state index contributed by atoms with van der Waals surface area (Å²) in [6.45, 7) is 3.73. The van der Waals surface area contributed by atoms with Crippen LogP contribution in [0.1, 0.15) is 38.7 Å². The highest BCUT2D eigenvalue weighted by Crippen LogP contribution is 2.20. The quantitative estimate of drug-likeness (QED) is 0.289. The van der Waals surface area contributed by atoms with Crippen molar-refractivity contribution < 1.29 is 34.2 Å². The van der Waals surface area contributed by atoms with E-state index >= 15 is 0 Å². The number of nitrogens with zero attached hydrogens (tertiary/aromatic N) is 1. The monoisotopic (exact) mass is 476 g/mol. The first-order chi connectivity index (χ1) is 16.0. The van der Waals surface area contributed by atoms with Crippen LogP contribution in [0.25, 0.3) is 0 Å². The lowest BCUT2D eigenvalue weighted by Gasteiger charge is -2.30. The highest BCUT2D eigenvalue weighted by molar-refractivity contribution is 5.95. The minimum absolute atomic E-state index is 0.0820. The molecule has 1 aromatic rings. The van der Waals surface area contributed by atoms with Crippen LogP contribution in [0.15, 0.2) is 30.3 Å². The zero-order chi connectivity index (χ0) is 25.4. The predicted molar refractivity (Wildman–Crippen MR) is 121 cm³/mol. The van der Waals surface area contributed by atoms with Crippen LogP contribution in [0.2, 0.25) is 0 Å². The Labute approximate surface area is 197 Å². The molecule has 0 bridgehead atoms. The Hall–Kier alpha value is -3.47. The molecule has 0 saturated carbocycles. The molecule has 3 amide bonds. The van der Waals surface area contributed by atoms with Crippen molar-refractivity contribution in [1.82, 2.24) is 15.5 Å². The molecule has 1 fully saturated rings. The van der Waals surface area contributed by atoms with E-state index in [-0.39, 0.29) is 18.9 Å². The number of likely N-dealkylation sites (tertiary alicyclic amines) is 1. The number of carboxylic acid groups (broad SMARTS) is 2. The second kappa shape index (κ2) is 12.1. The van der Waals surface area contributed by atoms with E-state index in [2.05, 4.69) is 10.6 Å². The van der Waals surface area contributed by atoms with Crippen LogP contribution >= 0.6 is 0 Å². The number of hydrogen-bond donors (Lipinski definition) is 5. The molecular formula is C23H32N4O7. The van der Waals surface area contributed by atoms with Crippen LogP contribution in [0.4, 0.5) is 0 Å². The van der Waals surface area contributed by atoms with Gasteiger partial charge < -0.3 is 31.5 Å². The SMILES string of the molecule is CC(C)C(NC(=O)C(Cc1ccccc1)NC(=O)C(N)CC(=O)O)C(=O)N1CCCC1C(=O)O. The molecule has 0 spiro atoms. The van der Waals surface area contributed by atoms with E-state index < -0.39 is 60.2 Å². The fourth-order valence-electron chi connectivity index (χ4n) is 3.85. The molecule has 1 heterocycles. The molecule has 0 aromatic heterocycles. The lowest BCUT2D eigenvalue weighted by molar-refractivity contribution is -0.150. The van der Waals surface area contributed by atoms with Gasteiger partial charge in [-0.1, -0.05) is 44.2 Å². The standard InChI is InChI=1S/C23H32N4O7/c1-13(2)19(22(32)27-10-6-9-17(27)23(33)34)26-21(31)16(11-14-7-4-3-5-8-14)25-20(30)15(24)12-18(28)29/h3-5,7-8,13,15-17,19H,6,9-12,24H2,1-2H3,(H,25,30)(H,26,31)(H,28,29)(H,33,34). The third kappa shape index (κ3) is 7.27. The Bertz CT molecular complexity index is 906. The third-order valence-corrected chi connectivity index (χ3v) is 5.70. The van der Waals surface area contributed by atoms with Crippen molar-refractivity contribution in [2.75, 3.05) is 6.54 Å². The van der Waals surface area contributed by atoms with Gasteiger partial charge in [-0.3, -0.25) is 19.2 Å². The number of carbonyl (C=O) groups excluding carboxylic acids is 3. The van der Waals surface area contributed by atoms with Gasteiger partial charge in [-0.2, -0.15) is 0 Å². The number of hydrogen-bond acceptors (Lipinski definition) is 6. The van der Waals surface area contributed by atoms with Crippen LogP contribution in [0, 0.1) is 5.92 Å². The average molecular weight is 477 g/mol. The lowest BCUT2D eigenvalue weighted by Crippen LogP contribution is -2.59. The smallest absolute Gasteiger partial charge is 0.326 e. The molecule has 0 aliphatic carbocycles. The molecule has 6 N–H and O–H groups in total. The number of nitrogens with one attached hydrogen (secondary N) is 2. The Morgan fingerprint density at radius 1 is 1.06 bits per heavy atom. The fraction of sp³-hybridized carbons (Fsp3) is 0.522. The summed E-state index contributed by atoms with van der Waals surface area (Å²) in [4.78, 5) is 62.5. The molecule has 4 atom stereocenters. The highest BCUT2D eigenvalue weighted by Gasteiger charge is 2.39. The van der Waals surface area contributed by atoms with Crippen molar-refractivity contribution >= 4 is 29.7 Å². The third-order valence-electron chi connectivity index (χ3n) is 5.70. The Morgan fingerprint density at radius 3 is 2.26 bits per heavy atom. The van der Waals surface area contributed by atoms with Crippen LogP contribution in [0.3, 0.4) is 0 Å². The first kappa shape index (κ1) is 26.8. The second-order valence-corrected chi connectivity index (χ2v) is 8.71. The van der Waals surface area contributed by atoms with Crippen molar-refractivity contribution in [2.24, 2.45) is 11.7 Å². The van der Waals surface area contributed by atoms with Gasteiger partial charge in [-0.15, -0.1) is 0 Å². The molecule has 4 unspecified atom stereocenters. The Kier molecular flexibility index (Phi) is 9.55. The van der Waals surface area contributed by atoms with Crippen molar-refractivity contribution in [3.63, 3.8) is 0 Å². The van der Waals surface area contributed by atoms with Crippen molar-refractivity contribution in [3.8, 4) is 0 Å². The molecule has 1 aliphatic heterocycles. The maximum atomic E-state index is 13.2. The van der Waals surface area contributed by atoms with Gasteiger partial charge in [0.25, 0.3) is 0 Å². The van der Waals surface area contributed by atoms with Gasteiger partial charge in [-0.05, 0) is 24.3 Å². The molecule has 0 radical (unpaired) electrons. The predicted octanol–water partition coefficient (Wildman–Crippen LogP) is -0.268. The maximum absolute atomic E-state index is 13.2. The summed E-state index contributed by atoms with van der Waals surface area (Å²) in [5, 5.41) is 23.5. The first-order valence-electron chi connectivity index (χ1n) is 11.2. The van der Waals surface area contributed by atoms with E-state index in [4.69, 9.17) is 10.8 Å². The summed E-state index contributed by atoms with van der Waals surface area (Å²) < 4.78 is 0. The highest BCUT2D eigenvalue weighted by atomic mass is 16.4. The van der Waals surface area contributed by atoms with E-state index in [0.29, 0.717) is 12.8 Å². The molecule has 186 valence electrons. The van der Waals surface area contributed by atoms with Crippen LogP contribution in [-0.4, -0.2) is 75.5 Å². The number of benzene rings is 1. The van der Waals surface area contributed by atoms with Crippen molar-refractivity contribution in [1.29, 1.82) is 0 Å². The number of carboxylic acids is 2. The molecule has 34 heavy (non-hydrogen) atoms. The van der Waals surface area contributed by atoms with Gasteiger partial charge in [0.2, 0.25) is 17.7 Å². The number of nitrogens with two attached hydrogens (primary N) is 1. The normalized spacial score (nSPS) is 18.1. The summed E-state index contributed by atoms with van der Waals surface area (Å²) in [6, 6.07) is 4.42. The number of aliphatic carboxylic acids is 2. The van der Waals surface area contributed by atoms with Gasteiger partial charge in [-0.25, -0.2) is 4.79 Å². The van der Waals surface area contributed by atoms with Crippen molar-refractivity contribution in [3.05, 3.63) is 35.9 Å². The zero-order valence-corrected chi connectivity index (χ0v) is 19.3. The molecule has 1 aromatic carbocycles. The summed E-state index contributed by atoms with van der Waals surface area (Å²) in [7, 11) is 0. The minimum atomic E-state index is -1.35. The summed E-state index contributed by atoms with van der Waals surface area (Å²) in [5.74, 6) is -4.67. The summed E-state index contributed by atoms with van der Waals surface area (Å²) in [6.07, 6.45) is 0.368. The Morgan fingerprint density at radius 2 is 1.71 bits per heavy atom. The van der Waals surface area contributed by atoms with E-state index in [1.165, 1.54) is 4.90 Å². The number of amides is 3. The lowest BCUT2D eigenvalue weighted by atomic mass is 10.00. The fourth-order valence-corrected chi connectivity index (χ4v) is 3.85. The molecule has 2 rings (SSSR count). The van der Waals surface area contributed by atoms with Crippen LogP contribution in [0.5, 0.6) is 0 Å². The van der Waals surface area contributed by atoms with E-state index in [1.54, 1.807) is 44.2 Å². The maximum Gasteiger partial charge on any atom is 0.326 e. The van der Waals surface area contributed by atoms with Crippen molar-refractivity contribution in [2.45, 2.75) is 63.7 Å².